The number of fused-ring (bicyclic) bond motifs is 1. The maximum atomic E-state index is 12.2. The summed E-state index contributed by atoms with van der Waals surface area (Å²) in [5.41, 5.74) is 2.00. The fraction of sp³-hybridized carbons (Fsp3) is 0.176. The van der Waals surface area contributed by atoms with Gasteiger partial charge in [-0.25, -0.2) is 4.68 Å². The standard InChI is InChI=1S/C17H14ClN3OS/c18-15-6-2-1-5-12(15)13-8-16(22)20-17-14(13)9-19-21(17)10-11-4-3-7-23-11/h1-7,9,13H,8,10H2,(H,20,22)/t13-/m0/s1. The van der Waals surface area contributed by atoms with Crippen LogP contribution in [0.4, 0.5) is 5.82 Å². The quantitative estimate of drug-likeness (QED) is 0.777. The van der Waals surface area contributed by atoms with Crippen LogP contribution in [-0.2, 0) is 11.3 Å². The van der Waals surface area contributed by atoms with Crippen molar-refractivity contribution >= 4 is 34.7 Å². The Morgan fingerprint density at radius 3 is 2.91 bits per heavy atom. The largest absolute Gasteiger partial charge is 0.311 e. The van der Waals surface area contributed by atoms with Crippen molar-refractivity contribution < 1.29 is 4.79 Å². The molecule has 0 aliphatic carbocycles. The SMILES string of the molecule is O=C1C[C@@H](c2ccccc2Cl)c2cnn(Cc3cccs3)c2N1. The topological polar surface area (TPSA) is 46.9 Å². The molecule has 0 saturated carbocycles. The second-order valence-electron chi connectivity index (χ2n) is 5.51. The first-order chi connectivity index (χ1) is 11.2. The molecule has 1 atom stereocenters. The zero-order valence-electron chi connectivity index (χ0n) is 12.2. The van der Waals surface area contributed by atoms with Crippen molar-refractivity contribution in [3.63, 3.8) is 0 Å². The Balaban J connectivity index is 1.75. The van der Waals surface area contributed by atoms with Gasteiger partial charge in [0.25, 0.3) is 0 Å². The van der Waals surface area contributed by atoms with Crippen LogP contribution in [0.2, 0.25) is 5.02 Å². The van der Waals surface area contributed by atoms with Crippen LogP contribution in [0.25, 0.3) is 0 Å². The summed E-state index contributed by atoms with van der Waals surface area (Å²) in [6, 6.07) is 11.8. The summed E-state index contributed by atoms with van der Waals surface area (Å²) in [4.78, 5) is 13.4. The molecule has 1 N–H and O–H groups in total. The normalized spacial score (nSPS) is 16.9. The molecule has 2 aromatic heterocycles. The molecule has 3 heterocycles. The molecule has 116 valence electrons. The van der Waals surface area contributed by atoms with E-state index < -0.39 is 0 Å². The Labute approximate surface area is 142 Å². The van der Waals surface area contributed by atoms with Crippen LogP contribution >= 0.6 is 22.9 Å². The number of carbonyl (C=O) groups is 1. The third kappa shape index (κ3) is 2.66. The van der Waals surface area contributed by atoms with Crippen molar-refractivity contribution in [2.45, 2.75) is 18.9 Å². The highest BCUT2D eigenvalue weighted by molar-refractivity contribution is 7.09. The van der Waals surface area contributed by atoms with Gasteiger partial charge in [-0.15, -0.1) is 11.3 Å². The molecule has 3 aromatic rings. The van der Waals surface area contributed by atoms with E-state index in [1.165, 1.54) is 4.88 Å². The maximum Gasteiger partial charge on any atom is 0.226 e. The van der Waals surface area contributed by atoms with Crippen LogP contribution in [0.3, 0.4) is 0 Å². The van der Waals surface area contributed by atoms with Crippen molar-refractivity contribution in [1.82, 2.24) is 9.78 Å². The Morgan fingerprint density at radius 2 is 2.13 bits per heavy atom. The average molecular weight is 344 g/mol. The minimum atomic E-state index is -0.0514. The van der Waals surface area contributed by atoms with E-state index >= 15 is 0 Å². The van der Waals surface area contributed by atoms with Gasteiger partial charge in [0, 0.05) is 27.8 Å². The van der Waals surface area contributed by atoms with Crippen molar-refractivity contribution in [2.24, 2.45) is 0 Å². The van der Waals surface area contributed by atoms with Crippen LogP contribution in [0, 0.1) is 0 Å². The van der Waals surface area contributed by atoms with Gasteiger partial charge in [0.2, 0.25) is 5.91 Å². The van der Waals surface area contributed by atoms with Gasteiger partial charge in [-0.1, -0.05) is 35.9 Å². The summed E-state index contributed by atoms with van der Waals surface area (Å²) in [5.74, 6) is 0.722. The zero-order valence-corrected chi connectivity index (χ0v) is 13.8. The summed E-state index contributed by atoms with van der Waals surface area (Å²) in [6.07, 6.45) is 2.23. The van der Waals surface area contributed by atoms with E-state index in [1.807, 2.05) is 46.6 Å². The van der Waals surface area contributed by atoms with Crippen LogP contribution in [0.1, 0.15) is 28.3 Å². The lowest BCUT2D eigenvalue weighted by atomic mass is 9.87. The first kappa shape index (κ1) is 14.5. The third-order valence-corrected chi connectivity index (χ3v) is 5.26. The number of nitrogens with one attached hydrogen (secondary N) is 1. The highest BCUT2D eigenvalue weighted by atomic mass is 35.5. The van der Waals surface area contributed by atoms with Gasteiger partial charge in [0.05, 0.1) is 12.7 Å². The monoisotopic (exact) mass is 343 g/mol. The molecule has 0 fully saturated rings. The minimum absolute atomic E-state index is 0.00431. The number of halogens is 1. The lowest BCUT2D eigenvalue weighted by molar-refractivity contribution is -0.116. The fourth-order valence-corrected chi connectivity index (χ4v) is 3.93. The van der Waals surface area contributed by atoms with Crippen molar-refractivity contribution in [3.8, 4) is 0 Å². The summed E-state index contributed by atoms with van der Waals surface area (Å²) in [5, 5.41) is 10.2. The molecule has 23 heavy (non-hydrogen) atoms. The van der Waals surface area contributed by atoms with E-state index in [4.69, 9.17) is 11.6 Å². The minimum Gasteiger partial charge on any atom is -0.311 e. The van der Waals surface area contributed by atoms with Gasteiger partial charge >= 0.3 is 0 Å². The zero-order chi connectivity index (χ0) is 15.8. The molecular weight excluding hydrogens is 330 g/mol. The summed E-state index contributed by atoms with van der Waals surface area (Å²) in [6.45, 7) is 0.655. The van der Waals surface area contributed by atoms with Crippen LogP contribution in [0.5, 0.6) is 0 Å². The van der Waals surface area contributed by atoms with Gasteiger partial charge in [-0.3, -0.25) is 4.79 Å². The van der Waals surface area contributed by atoms with E-state index in [2.05, 4.69) is 16.5 Å². The smallest absolute Gasteiger partial charge is 0.226 e. The number of benzene rings is 1. The highest BCUT2D eigenvalue weighted by Crippen LogP contribution is 2.39. The Hall–Kier alpha value is -2.11. The number of hydrogen-bond acceptors (Lipinski definition) is 3. The van der Waals surface area contributed by atoms with Gasteiger partial charge in [-0.2, -0.15) is 5.10 Å². The van der Waals surface area contributed by atoms with E-state index in [0.717, 1.165) is 16.9 Å². The molecule has 0 spiro atoms. The van der Waals surface area contributed by atoms with E-state index in [-0.39, 0.29) is 11.8 Å². The number of aromatic nitrogens is 2. The average Bonchev–Trinajstić information content (AvgIpc) is 3.18. The van der Waals surface area contributed by atoms with Gasteiger partial charge in [0.15, 0.2) is 0 Å². The molecule has 4 rings (SSSR count). The number of nitrogens with zero attached hydrogens (tertiary/aromatic N) is 2. The van der Waals surface area contributed by atoms with Crippen LogP contribution < -0.4 is 5.32 Å². The van der Waals surface area contributed by atoms with Crippen LogP contribution in [-0.4, -0.2) is 15.7 Å². The summed E-state index contributed by atoms with van der Waals surface area (Å²) >= 11 is 8.01. The Morgan fingerprint density at radius 1 is 1.26 bits per heavy atom. The predicted octanol–water partition coefficient (Wildman–Crippen LogP) is 4.12. The highest BCUT2D eigenvalue weighted by Gasteiger charge is 2.31. The molecule has 1 aromatic carbocycles. The predicted molar refractivity (Wildman–Crippen MR) is 92.2 cm³/mol. The third-order valence-electron chi connectivity index (χ3n) is 4.06. The number of carbonyl (C=O) groups excluding carboxylic acids is 1. The molecule has 4 nitrogen and oxygen atoms in total. The molecule has 0 saturated heterocycles. The lowest BCUT2D eigenvalue weighted by Crippen LogP contribution is -2.25. The first-order valence-corrected chi connectivity index (χ1v) is 8.60. The Kier molecular flexibility index (Phi) is 3.67. The summed E-state index contributed by atoms with van der Waals surface area (Å²) < 4.78 is 1.85. The second-order valence-corrected chi connectivity index (χ2v) is 6.95. The van der Waals surface area contributed by atoms with Crippen molar-refractivity contribution in [1.29, 1.82) is 0 Å². The molecule has 6 heteroatoms. The van der Waals surface area contributed by atoms with Gasteiger partial charge < -0.3 is 5.32 Å². The van der Waals surface area contributed by atoms with E-state index in [0.29, 0.717) is 18.0 Å². The molecule has 0 unspecified atom stereocenters. The number of rotatable bonds is 3. The van der Waals surface area contributed by atoms with E-state index in [1.54, 1.807) is 11.3 Å². The Bertz CT molecular complexity index is 857. The molecule has 0 bridgehead atoms. The summed E-state index contributed by atoms with van der Waals surface area (Å²) in [7, 11) is 0. The maximum absolute atomic E-state index is 12.2. The molecular formula is C17H14ClN3OS. The number of anilines is 1. The number of thiophene rings is 1. The van der Waals surface area contributed by atoms with Crippen molar-refractivity contribution in [2.75, 3.05) is 5.32 Å². The van der Waals surface area contributed by atoms with Crippen LogP contribution in [0.15, 0.2) is 48.0 Å². The van der Waals surface area contributed by atoms with Gasteiger partial charge in [-0.05, 0) is 23.1 Å². The molecule has 1 aliphatic heterocycles. The lowest BCUT2D eigenvalue weighted by Gasteiger charge is -2.24. The first-order valence-electron chi connectivity index (χ1n) is 7.35. The van der Waals surface area contributed by atoms with Crippen molar-refractivity contribution in [3.05, 3.63) is 69.0 Å². The molecule has 0 radical (unpaired) electrons. The molecule has 1 amide bonds. The van der Waals surface area contributed by atoms with Gasteiger partial charge in [0.1, 0.15) is 5.82 Å². The van der Waals surface area contributed by atoms with E-state index in [9.17, 15) is 4.79 Å². The number of hydrogen-bond donors (Lipinski definition) is 1. The molecule has 1 aliphatic rings. The fourth-order valence-electron chi connectivity index (χ4n) is 2.98. The second kappa shape index (κ2) is 5.83. The number of amides is 1.